The molecule has 0 spiro atoms. The highest BCUT2D eigenvalue weighted by molar-refractivity contribution is 6.30. The standard InChI is InChI=1S/C18H15ClN2O2/c1-11-15(17(22)12-6-3-2-4-7-12)16(21-18(23)20-11)13-8-5-9-14(19)10-13/h2-10,16H,1H3,(H2,20,21,23)/t16-/m0/s1. The van der Waals surface area contributed by atoms with E-state index in [0.717, 1.165) is 5.56 Å². The fourth-order valence-corrected chi connectivity index (χ4v) is 2.87. The van der Waals surface area contributed by atoms with E-state index in [2.05, 4.69) is 10.6 Å². The Bertz CT molecular complexity index is 800. The summed E-state index contributed by atoms with van der Waals surface area (Å²) < 4.78 is 0. The van der Waals surface area contributed by atoms with Crippen molar-refractivity contribution in [2.24, 2.45) is 0 Å². The zero-order valence-corrected chi connectivity index (χ0v) is 13.2. The molecule has 1 aliphatic rings. The first kappa shape index (κ1) is 15.3. The Morgan fingerprint density at radius 3 is 2.52 bits per heavy atom. The van der Waals surface area contributed by atoms with Gasteiger partial charge in [-0.3, -0.25) is 4.79 Å². The maximum atomic E-state index is 12.9. The fourth-order valence-electron chi connectivity index (χ4n) is 2.68. The number of amides is 2. The Morgan fingerprint density at radius 1 is 1.09 bits per heavy atom. The third-order valence-corrected chi connectivity index (χ3v) is 3.97. The van der Waals surface area contributed by atoms with E-state index < -0.39 is 6.04 Å². The summed E-state index contributed by atoms with van der Waals surface area (Å²) in [6.07, 6.45) is 0. The second-order valence-electron chi connectivity index (χ2n) is 5.32. The maximum Gasteiger partial charge on any atom is 0.319 e. The van der Waals surface area contributed by atoms with Gasteiger partial charge in [-0.25, -0.2) is 4.79 Å². The van der Waals surface area contributed by atoms with Crippen LogP contribution in [0.3, 0.4) is 0 Å². The van der Waals surface area contributed by atoms with Gasteiger partial charge in [0.1, 0.15) is 0 Å². The van der Waals surface area contributed by atoms with E-state index in [0.29, 0.717) is 21.9 Å². The predicted molar refractivity (Wildman–Crippen MR) is 89.3 cm³/mol. The van der Waals surface area contributed by atoms with Gasteiger partial charge in [0.15, 0.2) is 5.78 Å². The van der Waals surface area contributed by atoms with Gasteiger partial charge in [0, 0.05) is 21.9 Å². The summed E-state index contributed by atoms with van der Waals surface area (Å²) in [4.78, 5) is 24.7. The van der Waals surface area contributed by atoms with Gasteiger partial charge in [-0.1, -0.05) is 54.1 Å². The van der Waals surface area contributed by atoms with Gasteiger partial charge in [-0.05, 0) is 24.6 Å². The molecule has 0 fully saturated rings. The number of urea groups is 1. The van der Waals surface area contributed by atoms with Crippen LogP contribution >= 0.6 is 11.6 Å². The summed E-state index contributed by atoms with van der Waals surface area (Å²) in [7, 11) is 0. The number of nitrogens with one attached hydrogen (secondary N) is 2. The second kappa shape index (κ2) is 6.26. The number of hydrogen-bond donors (Lipinski definition) is 2. The van der Waals surface area contributed by atoms with Crippen LogP contribution in [0.25, 0.3) is 0 Å². The van der Waals surface area contributed by atoms with E-state index in [1.807, 2.05) is 24.3 Å². The molecule has 1 heterocycles. The summed E-state index contributed by atoms with van der Waals surface area (Å²) in [6, 6.07) is 15.3. The van der Waals surface area contributed by atoms with E-state index in [1.54, 1.807) is 37.3 Å². The smallest absolute Gasteiger partial charge is 0.319 e. The molecule has 2 aromatic carbocycles. The molecule has 5 heteroatoms. The van der Waals surface area contributed by atoms with Crippen molar-refractivity contribution in [3.8, 4) is 0 Å². The van der Waals surface area contributed by atoms with Gasteiger partial charge in [0.05, 0.1) is 6.04 Å². The molecule has 0 bridgehead atoms. The first-order chi connectivity index (χ1) is 11.1. The van der Waals surface area contributed by atoms with Gasteiger partial charge < -0.3 is 10.6 Å². The van der Waals surface area contributed by atoms with Gasteiger partial charge in [0.25, 0.3) is 0 Å². The van der Waals surface area contributed by atoms with E-state index in [4.69, 9.17) is 11.6 Å². The quantitative estimate of drug-likeness (QED) is 0.842. The highest BCUT2D eigenvalue weighted by Gasteiger charge is 2.31. The first-order valence-electron chi connectivity index (χ1n) is 7.20. The van der Waals surface area contributed by atoms with Crippen molar-refractivity contribution in [3.63, 3.8) is 0 Å². The molecule has 1 atom stereocenters. The summed E-state index contributed by atoms with van der Waals surface area (Å²) >= 11 is 6.05. The molecule has 2 amide bonds. The molecule has 0 saturated heterocycles. The Kier molecular flexibility index (Phi) is 4.17. The van der Waals surface area contributed by atoms with Crippen molar-refractivity contribution in [3.05, 3.63) is 82.0 Å². The number of carbonyl (C=O) groups excluding carboxylic acids is 2. The summed E-state index contributed by atoms with van der Waals surface area (Å²) in [5.41, 5.74) is 2.41. The van der Waals surface area contributed by atoms with Gasteiger partial charge >= 0.3 is 6.03 Å². The highest BCUT2D eigenvalue weighted by atomic mass is 35.5. The molecule has 2 aromatic rings. The summed E-state index contributed by atoms with van der Waals surface area (Å²) in [6.45, 7) is 1.73. The molecule has 0 radical (unpaired) electrons. The molecule has 0 unspecified atom stereocenters. The van der Waals surface area contributed by atoms with Crippen LogP contribution in [0.4, 0.5) is 4.79 Å². The average Bonchev–Trinajstić information content (AvgIpc) is 2.54. The van der Waals surface area contributed by atoms with Gasteiger partial charge in [-0.15, -0.1) is 0 Å². The van der Waals surface area contributed by atoms with Crippen molar-refractivity contribution < 1.29 is 9.59 Å². The molecule has 0 aliphatic carbocycles. The van der Waals surface area contributed by atoms with Crippen LogP contribution in [0, 0.1) is 0 Å². The van der Waals surface area contributed by atoms with Crippen LogP contribution in [0.2, 0.25) is 5.02 Å². The number of benzene rings is 2. The van der Waals surface area contributed by atoms with Crippen molar-refractivity contribution >= 4 is 23.4 Å². The largest absolute Gasteiger partial charge is 0.327 e. The van der Waals surface area contributed by atoms with Crippen LogP contribution < -0.4 is 10.6 Å². The molecule has 116 valence electrons. The van der Waals surface area contributed by atoms with Gasteiger partial charge in [0.2, 0.25) is 0 Å². The van der Waals surface area contributed by atoms with Crippen LogP contribution in [0.5, 0.6) is 0 Å². The Hall–Kier alpha value is -2.59. The van der Waals surface area contributed by atoms with Crippen LogP contribution in [-0.2, 0) is 0 Å². The highest BCUT2D eigenvalue weighted by Crippen LogP contribution is 2.30. The fraction of sp³-hybridized carbons (Fsp3) is 0.111. The molecular weight excluding hydrogens is 312 g/mol. The van der Waals surface area contributed by atoms with E-state index in [9.17, 15) is 9.59 Å². The van der Waals surface area contributed by atoms with E-state index in [-0.39, 0.29) is 11.8 Å². The van der Waals surface area contributed by atoms with Crippen molar-refractivity contribution in [2.75, 3.05) is 0 Å². The SMILES string of the molecule is CC1=C(C(=O)c2ccccc2)[C@H](c2cccc(Cl)c2)NC(=O)N1. The molecule has 0 saturated carbocycles. The first-order valence-corrected chi connectivity index (χ1v) is 7.57. The predicted octanol–water partition coefficient (Wildman–Crippen LogP) is 3.85. The topological polar surface area (TPSA) is 58.2 Å². The number of rotatable bonds is 3. The Balaban J connectivity index is 2.08. The summed E-state index contributed by atoms with van der Waals surface area (Å²) in [5.74, 6) is -0.124. The maximum absolute atomic E-state index is 12.9. The molecule has 0 aromatic heterocycles. The van der Waals surface area contributed by atoms with E-state index >= 15 is 0 Å². The number of ketones is 1. The lowest BCUT2D eigenvalue weighted by molar-refractivity contribution is 0.102. The zero-order valence-electron chi connectivity index (χ0n) is 12.5. The number of hydrogen-bond acceptors (Lipinski definition) is 2. The minimum atomic E-state index is -0.532. The molecule has 23 heavy (non-hydrogen) atoms. The van der Waals surface area contributed by atoms with Crippen molar-refractivity contribution in [1.29, 1.82) is 0 Å². The lowest BCUT2D eigenvalue weighted by atomic mass is 9.90. The minimum absolute atomic E-state index is 0.124. The number of Topliss-reactive ketones (excluding diaryl/α,β-unsaturated/α-hetero) is 1. The Morgan fingerprint density at radius 2 is 1.83 bits per heavy atom. The lowest BCUT2D eigenvalue weighted by Gasteiger charge is -2.28. The third-order valence-electron chi connectivity index (χ3n) is 3.73. The Labute approximate surface area is 139 Å². The zero-order chi connectivity index (χ0) is 16.4. The van der Waals surface area contributed by atoms with Crippen LogP contribution in [0.1, 0.15) is 28.9 Å². The molecule has 3 rings (SSSR count). The monoisotopic (exact) mass is 326 g/mol. The molecule has 4 nitrogen and oxygen atoms in total. The second-order valence-corrected chi connectivity index (χ2v) is 5.76. The van der Waals surface area contributed by atoms with Gasteiger partial charge in [-0.2, -0.15) is 0 Å². The lowest BCUT2D eigenvalue weighted by Crippen LogP contribution is -2.45. The van der Waals surface area contributed by atoms with Crippen molar-refractivity contribution in [2.45, 2.75) is 13.0 Å². The molecular formula is C18H15ClN2O2. The average molecular weight is 327 g/mol. The number of halogens is 1. The van der Waals surface area contributed by atoms with E-state index in [1.165, 1.54) is 0 Å². The number of allylic oxidation sites excluding steroid dienone is 1. The third kappa shape index (κ3) is 3.12. The minimum Gasteiger partial charge on any atom is -0.327 e. The van der Waals surface area contributed by atoms with Crippen molar-refractivity contribution in [1.82, 2.24) is 10.6 Å². The van der Waals surface area contributed by atoms with Crippen LogP contribution in [0.15, 0.2) is 65.9 Å². The van der Waals surface area contributed by atoms with Crippen LogP contribution in [-0.4, -0.2) is 11.8 Å². The normalized spacial score (nSPS) is 17.5. The molecule has 1 aliphatic heterocycles. The summed E-state index contributed by atoms with van der Waals surface area (Å²) in [5, 5.41) is 6.03. The number of carbonyl (C=O) groups is 2. The molecule has 2 N–H and O–H groups in total.